The first-order valence-corrected chi connectivity index (χ1v) is 10.5. The van der Waals surface area contributed by atoms with Crippen LogP contribution in [0.1, 0.15) is 11.1 Å². The van der Waals surface area contributed by atoms with E-state index >= 15 is 0 Å². The van der Waals surface area contributed by atoms with Gasteiger partial charge in [0, 0.05) is 12.1 Å². The largest absolute Gasteiger partial charge is 0.493 e. The van der Waals surface area contributed by atoms with Crippen molar-refractivity contribution in [3.05, 3.63) is 97.8 Å². The second kappa shape index (κ2) is 11.1. The highest BCUT2D eigenvalue weighted by atomic mass is 79.9. The smallest absolute Gasteiger partial charge is 0.271 e. The van der Waals surface area contributed by atoms with Crippen molar-refractivity contribution < 1.29 is 23.6 Å². The minimum atomic E-state index is -0.929. The number of amides is 1. The average molecular weight is 526 g/mol. The molecule has 3 aromatic rings. The standard InChI is InChI=1S/C24H17BrFN3O5/c1-33-22-11-16(10-19(25)23(22)34-14-15-5-3-2-4-6-15)9-17(13-27)24(30)28-21-12-18(29(31)32)7-8-20(21)26/h2-12H,14H2,1H3,(H,28,30). The Bertz CT molecular complexity index is 1310. The molecule has 0 heterocycles. The molecule has 0 aliphatic heterocycles. The van der Waals surface area contributed by atoms with Crippen LogP contribution >= 0.6 is 15.9 Å². The van der Waals surface area contributed by atoms with Crippen LogP contribution in [0, 0.1) is 27.3 Å². The van der Waals surface area contributed by atoms with E-state index in [1.807, 2.05) is 30.3 Å². The predicted molar refractivity (Wildman–Crippen MR) is 127 cm³/mol. The number of ether oxygens (including phenoxy) is 2. The van der Waals surface area contributed by atoms with Crippen LogP contribution < -0.4 is 14.8 Å². The fourth-order valence-corrected chi connectivity index (χ4v) is 3.49. The van der Waals surface area contributed by atoms with Gasteiger partial charge < -0.3 is 14.8 Å². The minimum absolute atomic E-state index is 0.297. The third-order valence-electron chi connectivity index (χ3n) is 4.56. The van der Waals surface area contributed by atoms with Gasteiger partial charge in [-0.3, -0.25) is 14.9 Å². The zero-order valence-corrected chi connectivity index (χ0v) is 19.3. The minimum Gasteiger partial charge on any atom is -0.493 e. The molecule has 0 fully saturated rings. The van der Waals surface area contributed by atoms with E-state index in [0.29, 0.717) is 28.1 Å². The third-order valence-corrected chi connectivity index (χ3v) is 5.15. The number of nitro groups is 1. The van der Waals surface area contributed by atoms with E-state index < -0.39 is 28.0 Å². The Balaban J connectivity index is 1.84. The molecule has 0 saturated heterocycles. The molecule has 0 atom stereocenters. The molecule has 0 bridgehead atoms. The van der Waals surface area contributed by atoms with E-state index in [1.54, 1.807) is 18.2 Å². The lowest BCUT2D eigenvalue weighted by Gasteiger charge is -2.14. The number of nitriles is 1. The summed E-state index contributed by atoms with van der Waals surface area (Å²) in [5, 5.41) is 22.6. The number of nitro benzene ring substituents is 1. The molecule has 0 aromatic heterocycles. The number of nitrogens with one attached hydrogen (secondary N) is 1. The SMILES string of the molecule is COc1cc(C=C(C#N)C(=O)Nc2cc([N+](=O)[O-])ccc2F)cc(Br)c1OCc1ccccc1. The van der Waals surface area contributed by atoms with E-state index in [9.17, 15) is 24.6 Å². The van der Waals surface area contributed by atoms with Crippen LogP contribution in [0.4, 0.5) is 15.8 Å². The molecule has 0 unspecified atom stereocenters. The normalized spacial score (nSPS) is 10.8. The molecule has 10 heteroatoms. The Hall–Kier alpha value is -4.23. The molecular weight excluding hydrogens is 509 g/mol. The first-order valence-electron chi connectivity index (χ1n) is 9.73. The summed E-state index contributed by atoms with van der Waals surface area (Å²) in [6.07, 6.45) is 1.28. The van der Waals surface area contributed by atoms with Crippen molar-refractivity contribution in [3.8, 4) is 17.6 Å². The summed E-state index contributed by atoms with van der Waals surface area (Å²) in [6.45, 7) is 0.297. The molecule has 0 radical (unpaired) electrons. The number of benzene rings is 3. The summed E-state index contributed by atoms with van der Waals surface area (Å²) in [4.78, 5) is 22.7. The molecule has 0 saturated carbocycles. The maximum absolute atomic E-state index is 14.0. The molecule has 172 valence electrons. The lowest BCUT2D eigenvalue weighted by atomic mass is 10.1. The van der Waals surface area contributed by atoms with Gasteiger partial charge in [-0.1, -0.05) is 30.3 Å². The Morgan fingerprint density at radius 2 is 1.97 bits per heavy atom. The van der Waals surface area contributed by atoms with Gasteiger partial charge in [0.1, 0.15) is 24.1 Å². The Morgan fingerprint density at radius 3 is 2.62 bits per heavy atom. The maximum Gasteiger partial charge on any atom is 0.271 e. The molecule has 0 aliphatic carbocycles. The van der Waals surface area contributed by atoms with Crippen LogP contribution in [0.3, 0.4) is 0 Å². The van der Waals surface area contributed by atoms with Crippen molar-refractivity contribution in [2.24, 2.45) is 0 Å². The number of anilines is 1. The fourth-order valence-electron chi connectivity index (χ4n) is 2.92. The lowest BCUT2D eigenvalue weighted by molar-refractivity contribution is -0.384. The first kappa shape index (κ1) is 24.4. The Kier molecular flexibility index (Phi) is 7.95. The highest BCUT2D eigenvalue weighted by molar-refractivity contribution is 9.10. The van der Waals surface area contributed by atoms with Crippen LogP contribution in [0.2, 0.25) is 0 Å². The second-order valence-electron chi connectivity index (χ2n) is 6.85. The molecular formula is C24H17BrFN3O5. The van der Waals surface area contributed by atoms with Crippen molar-refractivity contribution in [2.45, 2.75) is 6.61 Å². The number of methoxy groups -OCH3 is 1. The van der Waals surface area contributed by atoms with Gasteiger partial charge in [0.15, 0.2) is 11.5 Å². The van der Waals surface area contributed by atoms with Crippen molar-refractivity contribution in [2.75, 3.05) is 12.4 Å². The van der Waals surface area contributed by atoms with Crippen LogP contribution in [-0.2, 0) is 11.4 Å². The van der Waals surface area contributed by atoms with E-state index in [1.165, 1.54) is 13.2 Å². The topological polar surface area (TPSA) is 114 Å². The number of hydrogen-bond donors (Lipinski definition) is 1. The zero-order chi connectivity index (χ0) is 24.7. The fraction of sp³-hybridized carbons (Fsp3) is 0.0833. The van der Waals surface area contributed by atoms with Crippen molar-refractivity contribution in [1.82, 2.24) is 0 Å². The molecule has 8 nitrogen and oxygen atoms in total. The number of halogens is 2. The summed E-state index contributed by atoms with van der Waals surface area (Å²) >= 11 is 3.41. The summed E-state index contributed by atoms with van der Waals surface area (Å²) in [6, 6.07) is 17.2. The molecule has 0 spiro atoms. The lowest BCUT2D eigenvalue weighted by Crippen LogP contribution is -2.14. The van der Waals surface area contributed by atoms with E-state index in [4.69, 9.17) is 9.47 Å². The summed E-state index contributed by atoms with van der Waals surface area (Å²) in [7, 11) is 1.45. The van der Waals surface area contributed by atoms with Crippen LogP contribution in [0.25, 0.3) is 6.08 Å². The monoisotopic (exact) mass is 525 g/mol. The van der Waals surface area contributed by atoms with E-state index in [2.05, 4.69) is 21.2 Å². The Labute approximate surface area is 202 Å². The van der Waals surface area contributed by atoms with Gasteiger partial charge in [-0.25, -0.2) is 4.39 Å². The predicted octanol–water partition coefficient (Wildman–Crippen LogP) is 5.63. The highest BCUT2D eigenvalue weighted by Crippen LogP contribution is 2.38. The number of non-ortho nitro benzene ring substituents is 1. The summed E-state index contributed by atoms with van der Waals surface area (Å²) in [5.41, 5.74) is 0.222. The Morgan fingerprint density at radius 1 is 1.24 bits per heavy atom. The number of rotatable bonds is 8. The first-order chi connectivity index (χ1) is 16.3. The van der Waals surface area contributed by atoms with Crippen molar-refractivity contribution >= 4 is 39.3 Å². The van der Waals surface area contributed by atoms with Gasteiger partial charge in [0.25, 0.3) is 11.6 Å². The average Bonchev–Trinajstić information content (AvgIpc) is 2.83. The molecule has 0 aliphatic rings. The van der Waals surface area contributed by atoms with Crippen LogP contribution in [-0.4, -0.2) is 17.9 Å². The van der Waals surface area contributed by atoms with Gasteiger partial charge in [0.05, 0.1) is 22.2 Å². The summed E-state index contributed by atoms with van der Waals surface area (Å²) < 4.78 is 25.8. The molecule has 1 amide bonds. The van der Waals surface area contributed by atoms with Crippen LogP contribution in [0.5, 0.6) is 11.5 Å². The highest BCUT2D eigenvalue weighted by Gasteiger charge is 2.17. The molecule has 1 N–H and O–H groups in total. The number of carbonyl (C=O) groups excluding carboxylic acids is 1. The van der Waals surface area contributed by atoms with Crippen molar-refractivity contribution in [1.29, 1.82) is 5.26 Å². The molecule has 3 aromatic carbocycles. The van der Waals surface area contributed by atoms with Gasteiger partial charge in [-0.15, -0.1) is 0 Å². The van der Waals surface area contributed by atoms with Crippen LogP contribution in [0.15, 0.2) is 70.7 Å². The number of nitrogens with zero attached hydrogens (tertiary/aromatic N) is 2. The third kappa shape index (κ3) is 5.96. The van der Waals surface area contributed by atoms with E-state index in [0.717, 1.165) is 23.8 Å². The van der Waals surface area contributed by atoms with Gasteiger partial charge >= 0.3 is 0 Å². The quantitative estimate of drug-likeness (QED) is 0.176. The van der Waals surface area contributed by atoms with Gasteiger partial charge in [-0.05, 0) is 51.3 Å². The molecule has 3 rings (SSSR count). The zero-order valence-electron chi connectivity index (χ0n) is 17.7. The van der Waals surface area contributed by atoms with Gasteiger partial charge in [-0.2, -0.15) is 5.26 Å². The number of carbonyl (C=O) groups is 1. The maximum atomic E-state index is 14.0. The second-order valence-corrected chi connectivity index (χ2v) is 7.71. The van der Waals surface area contributed by atoms with E-state index in [-0.39, 0.29) is 5.57 Å². The summed E-state index contributed by atoms with van der Waals surface area (Å²) in [5.74, 6) is -1.01. The van der Waals surface area contributed by atoms with Gasteiger partial charge in [0.2, 0.25) is 0 Å². The van der Waals surface area contributed by atoms with Crippen molar-refractivity contribution in [3.63, 3.8) is 0 Å². The molecule has 34 heavy (non-hydrogen) atoms. The number of hydrogen-bond acceptors (Lipinski definition) is 6.